The van der Waals surface area contributed by atoms with Crippen LogP contribution in [0.4, 0.5) is 18.0 Å². The second kappa shape index (κ2) is 9.31. The van der Waals surface area contributed by atoms with Crippen LogP contribution in [0.5, 0.6) is 5.75 Å². The number of nitrogens with one attached hydrogen (secondary N) is 1. The van der Waals surface area contributed by atoms with Gasteiger partial charge in [-0.1, -0.05) is 29.4 Å². The van der Waals surface area contributed by atoms with Gasteiger partial charge in [0.1, 0.15) is 6.10 Å². The van der Waals surface area contributed by atoms with Gasteiger partial charge in [-0.25, -0.2) is 4.79 Å². The van der Waals surface area contributed by atoms with Crippen molar-refractivity contribution >= 4 is 11.8 Å². The lowest BCUT2D eigenvalue weighted by Crippen LogP contribution is -2.27. The molecule has 0 radical (unpaired) electrons. The van der Waals surface area contributed by atoms with Gasteiger partial charge in [0, 0.05) is 5.56 Å². The highest BCUT2D eigenvalue weighted by atomic mass is 19.4. The average Bonchev–Trinajstić information content (AvgIpc) is 2.70. The first-order valence-electron chi connectivity index (χ1n) is 8.61. The number of methoxy groups -OCH3 is 1. The van der Waals surface area contributed by atoms with E-state index in [9.17, 15) is 18.0 Å². The van der Waals surface area contributed by atoms with E-state index in [0.29, 0.717) is 22.6 Å². The molecule has 0 heterocycles. The van der Waals surface area contributed by atoms with Gasteiger partial charge in [-0.3, -0.25) is 0 Å². The van der Waals surface area contributed by atoms with Crippen molar-refractivity contribution in [1.29, 1.82) is 0 Å². The summed E-state index contributed by atoms with van der Waals surface area (Å²) < 4.78 is 43.0. The molecule has 0 aliphatic carbocycles. The molecule has 6 nitrogen and oxygen atoms in total. The van der Waals surface area contributed by atoms with Gasteiger partial charge in [0.25, 0.3) is 0 Å². The van der Waals surface area contributed by atoms with Crippen LogP contribution in [-0.2, 0) is 15.8 Å². The predicted octanol–water partition coefficient (Wildman–Crippen LogP) is 5.17. The number of ether oxygens (including phenoxy) is 1. The van der Waals surface area contributed by atoms with Gasteiger partial charge in [-0.2, -0.15) is 18.7 Å². The maximum absolute atomic E-state index is 12.9. The Morgan fingerprint density at radius 1 is 1.17 bits per heavy atom. The van der Waals surface area contributed by atoms with Crippen molar-refractivity contribution in [1.82, 2.24) is 5.48 Å². The van der Waals surface area contributed by atoms with E-state index in [0.717, 1.165) is 17.7 Å². The highest BCUT2D eigenvalue weighted by molar-refractivity contribution is 5.98. The van der Waals surface area contributed by atoms with E-state index >= 15 is 0 Å². The molecule has 2 aromatic rings. The van der Waals surface area contributed by atoms with Gasteiger partial charge in [0.2, 0.25) is 0 Å². The number of hydrogen-bond acceptors (Lipinski definition) is 5. The second-order valence-corrected chi connectivity index (χ2v) is 6.22. The number of rotatable bonds is 6. The lowest BCUT2D eigenvalue weighted by atomic mass is 10.1. The van der Waals surface area contributed by atoms with Crippen molar-refractivity contribution in [3.05, 3.63) is 64.7 Å². The molecule has 9 heteroatoms. The fourth-order valence-corrected chi connectivity index (χ4v) is 2.31. The summed E-state index contributed by atoms with van der Waals surface area (Å²) in [7, 11) is 1.21. The van der Waals surface area contributed by atoms with Gasteiger partial charge in [-0.05, 0) is 50.1 Å². The summed E-state index contributed by atoms with van der Waals surface area (Å²) in [6, 6.07) is 10.1. The van der Waals surface area contributed by atoms with E-state index in [4.69, 9.17) is 9.68 Å². The molecule has 0 aliphatic rings. The van der Waals surface area contributed by atoms with E-state index in [-0.39, 0.29) is 0 Å². The number of aryl methyl sites for hydroxylation is 1. The third-order valence-electron chi connectivity index (χ3n) is 4.07. The second-order valence-electron chi connectivity index (χ2n) is 6.22. The number of carbonyl (C=O) groups is 1. The summed E-state index contributed by atoms with van der Waals surface area (Å²) in [5, 5.41) is 4.01. The predicted molar refractivity (Wildman–Crippen MR) is 101 cm³/mol. The Balaban J connectivity index is 2.12. The molecule has 29 heavy (non-hydrogen) atoms. The number of alkyl halides is 3. The smallest absolute Gasteiger partial charge is 0.440 e. The van der Waals surface area contributed by atoms with Crippen LogP contribution < -0.4 is 10.3 Å². The summed E-state index contributed by atoms with van der Waals surface area (Å²) in [6.45, 7) is 5.08. The van der Waals surface area contributed by atoms with Crippen LogP contribution in [-0.4, -0.2) is 18.9 Å². The van der Waals surface area contributed by atoms with E-state index in [1.54, 1.807) is 45.0 Å². The molecule has 0 bridgehead atoms. The van der Waals surface area contributed by atoms with Crippen LogP contribution in [0.1, 0.15) is 42.2 Å². The van der Waals surface area contributed by atoms with Gasteiger partial charge < -0.3 is 14.4 Å². The largest absolute Gasteiger partial charge is 0.451 e. The first-order valence-corrected chi connectivity index (χ1v) is 8.61. The molecule has 1 atom stereocenters. The van der Waals surface area contributed by atoms with Gasteiger partial charge in [-0.15, -0.1) is 0 Å². The van der Waals surface area contributed by atoms with Crippen molar-refractivity contribution in [3.63, 3.8) is 0 Å². The third kappa shape index (κ3) is 6.13. The van der Waals surface area contributed by atoms with Gasteiger partial charge in [0.05, 0.1) is 18.4 Å². The molecule has 0 saturated heterocycles. The van der Waals surface area contributed by atoms with Crippen LogP contribution in [0.25, 0.3) is 0 Å². The van der Waals surface area contributed by atoms with Crippen LogP contribution in [0.3, 0.4) is 0 Å². The number of nitrogens with zero attached hydrogens (tertiary/aromatic N) is 1. The molecular formula is C20H21F3N2O4. The average molecular weight is 410 g/mol. The zero-order chi connectivity index (χ0) is 21.6. The van der Waals surface area contributed by atoms with E-state index in [1.807, 2.05) is 0 Å². The summed E-state index contributed by atoms with van der Waals surface area (Å²) in [5.41, 5.74) is 3.61. The fourth-order valence-electron chi connectivity index (χ4n) is 2.31. The minimum absolute atomic E-state index is 0.353. The van der Waals surface area contributed by atoms with Crippen LogP contribution in [0.2, 0.25) is 0 Å². The topological polar surface area (TPSA) is 69.2 Å². The minimum Gasteiger partial charge on any atom is -0.451 e. The van der Waals surface area contributed by atoms with E-state index in [2.05, 4.69) is 15.4 Å². The summed E-state index contributed by atoms with van der Waals surface area (Å²) in [5.74, 6) is 0.383. The van der Waals surface area contributed by atoms with Crippen LogP contribution in [0, 0.1) is 6.92 Å². The van der Waals surface area contributed by atoms with Gasteiger partial charge >= 0.3 is 12.3 Å². The molecule has 0 spiro atoms. The Bertz CT molecular complexity index is 898. The van der Waals surface area contributed by atoms with Crippen molar-refractivity contribution < 1.29 is 32.4 Å². The lowest BCUT2D eigenvalue weighted by Gasteiger charge is -2.14. The van der Waals surface area contributed by atoms with E-state index in [1.165, 1.54) is 13.2 Å². The Kier molecular flexibility index (Phi) is 7.08. The number of hydroxylamine groups is 1. The number of amides is 1. The maximum Gasteiger partial charge on any atom is 0.440 e. The molecule has 1 unspecified atom stereocenters. The molecule has 0 aliphatic heterocycles. The Labute approximate surface area is 166 Å². The number of carbonyl (C=O) groups excluding carboxylic acids is 1. The van der Waals surface area contributed by atoms with Crippen LogP contribution >= 0.6 is 0 Å². The molecule has 156 valence electrons. The van der Waals surface area contributed by atoms with Gasteiger partial charge in [0.15, 0.2) is 5.75 Å². The van der Waals surface area contributed by atoms with Crippen molar-refractivity contribution in [2.75, 3.05) is 7.11 Å². The Hall–Kier alpha value is -3.23. The first-order chi connectivity index (χ1) is 13.6. The van der Waals surface area contributed by atoms with E-state index < -0.39 is 23.9 Å². The Morgan fingerprint density at radius 2 is 1.90 bits per heavy atom. The normalized spacial score (nSPS) is 12.9. The number of halogens is 3. The number of benzene rings is 2. The molecule has 0 fully saturated rings. The quantitative estimate of drug-likeness (QED) is 0.527. The minimum atomic E-state index is -4.43. The maximum atomic E-state index is 12.9. The molecule has 2 aromatic carbocycles. The van der Waals surface area contributed by atoms with Crippen molar-refractivity contribution in [3.8, 4) is 5.75 Å². The standard InChI is InChI=1S/C20H21F3N2O4/c1-12-8-9-15(11-18(12)29-25-19(26)27-4)13(2)24-28-14(3)16-6-5-7-17(10-16)20(21,22)23/h5-11,14H,1-4H3,(H,25,26)/b24-13+. The molecule has 1 amide bonds. The van der Waals surface area contributed by atoms with Crippen molar-refractivity contribution in [2.45, 2.75) is 33.1 Å². The molecular weight excluding hydrogens is 389 g/mol. The number of hydrogen-bond donors (Lipinski definition) is 1. The SMILES string of the molecule is COC(=O)NOc1cc(/C(C)=N/OC(C)c2cccc(C(F)(F)F)c2)ccc1C. The zero-order valence-electron chi connectivity index (χ0n) is 16.3. The Morgan fingerprint density at radius 3 is 2.55 bits per heavy atom. The molecule has 0 saturated carbocycles. The number of oxime groups is 1. The van der Waals surface area contributed by atoms with Crippen LogP contribution in [0.15, 0.2) is 47.6 Å². The monoisotopic (exact) mass is 410 g/mol. The lowest BCUT2D eigenvalue weighted by molar-refractivity contribution is -0.137. The highest BCUT2D eigenvalue weighted by Crippen LogP contribution is 2.31. The summed E-state index contributed by atoms with van der Waals surface area (Å²) in [6.07, 6.45) is -5.86. The summed E-state index contributed by atoms with van der Waals surface area (Å²) in [4.78, 5) is 21.7. The first kappa shape index (κ1) is 22.1. The zero-order valence-corrected chi connectivity index (χ0v) is 16.3. The highest BCUT2D eigenvalue weighted by Gasteiger charge is 2.30. The third-order valence-corrected chi connectivity index (χ3v) is 4.07. The molecule has 2 rings (SSSR count). The molecule has 1 N–H and O–H groups in total. The molecule has 0 aromatic heterocycles. The van der Waals surface area contributed by atoms with Crippen molar-refractivity contribution in [2.24, 2.45) is 5.16 Å². The fraction of sp³-hybridized carbons (Fsp3) is 0.300. The summed E-state index contributed by atoms with van der Waals surface area (Å²) >= 11 is 0.